The third kappa shape index (κ3) is 7.17. The number of nitrogens with two attached hydrogens (primary N) is 2. The molecule has 1 aromatic heterocycles. The molecule has 204 valence electrons. The highest BCUT2D eigenvalue weighted by Crippen LogP contribution is 2.33. The summed E-state index contributed by atoms with van der Waals surface area (Å²) in [7, 11) is 0. The molecule has 9 nitrogen and oxygen atoms in total. The number of hydrogen-bond donors (Lipinski definition) is 3. The molecule has 1 fully saturated rings. The van der Waals surface area contributed by atoms with Gasteiger partial charge in [-0.3, -0.25) is 0 Å². The van der Waals surface area contributed by atoms with Gasteiger partial charge >= 0.3 is 12.1 Å². The molecule has 5 N–H and O–H groups in total. The number of aryl methyl sites for hydroxylation is 1. The highest BCUT2D eigenvalue weighted by Gasteiger charge is 2.38. The van der Waals surface area contributed by atoms with Crippen molar-refractivity contribution < 1.29 is 27.6 Å². The standard InChI is InChI=1S/C21H29ClN6OS.C2HF3O2/c1-13(2)17(23)18(24)19-20-16(7-12-30(20)29)25-21(26-19)28-10-8-27(9-11-28)15-5-3-14(22)4-6-15;3-2(4,5)1(6)7/h3-6,13,17-18H,7-12,23-24H2,1-2H3;(H,6,7). The molecule has 2 aromatic rings. The minimum absolute atomic E-state index is 0.201. The average molecular weight is 563 g/mol. The van der Waals surface area contributed by atoms with Crippen LogP contribution in [0, 0.1) is 5.92 Å². The van der Waals surface area contributed by atoms with Gasteiger partial charge in [0.1, 0.15) is 17.1 Å². The number of hydrogen-bond acceptors (Lipinski definition) is 8. The van der Waals surface area contributed by atoms with Gasteiger partial charge in [0.05, 0.1) is 6.04 Å². The van der Waals surface area contributed by atoms with Gasteiger partial charge in [0.15, 0.2) is 4.90 Å². The van der Waals surface area contributed by atoms with Crippen LogP contribution in [0.1, 0.15) is 31.3 Å². The van der Waals surface area contributed by atoms with Crippen LogP contribution in [0.25, 0.3) is 0 Å². The summed E-state index contributed by atoms with van der Waals surface area (Å²) in [5.74, 6) is -1.31. The number of carbonyl (C=O) groups is 1. The molecule has 0 radical (unpaired) electrons. The summed E-state index contributed by atoms with van der Waals surface area (Å²) in [6.07, 6.45) is -4.39. The van der Waals surface area contributed by atoms with Crippen molar-refractivity contribution in [2.75, 3.05) is 41.7 Å². The first-order valence-electron chi connectivity index (χ1n) is 11.7. The number of aromatic nitrogens is 2. The largest absolute Gasteiger partial charge is 0.611 e. The Morgan fingerprint density at radius 1 is 1.11 bits per heavy atom. The SMILES string of the molecule is CC(C)C(N)C(N)c1nc(N2CCN(c3ccc(Cl)cc3)CC2)nc2c1[S+]([O-])CC2.O=C(O)C(F)(F)F. The van der Waals surface area contributed by atoms with Crippen LogP contribution in [-0.2, 0) is 22.4 Å². The number of rotatable bonds is 5. The maximum atomic E-state index is 12.6. The van der Waals surface area contributed by atoms with Gasteiger partial charge < -0.3 is 30.9 Å². The van der Waals surface area contributed by atoms with Crippen LogP contribution in [0.3, 0.4) is 0 Å². The molecule has 2 aliphatic rings. The third-order valence-electron chi connectivity index (χ3n) is 6.20. The second-order valence-corrected chi connectivity index (χ2v) is 11.0. The first-order chi connectivity index (χ1) is 17.3. The normalized spacial score (nSPS) is 19.2. The maximum Gasteiger partial charge on any atom is 0.490 e. The molecule has 4 rings (SSSR count). The number of aliphatic carboxylic acids is 1. The van der Waals surface area contributed by atoms with Crippen LogP contribution in [-0.4, -0.2) is 69.7 Å². The molecule has 37 heavy (non-hydrogen) atoms. The Balaban J connectivity index is 0.000000479. The smallest absolute Gasteiger partial charge is 0.490 e. The van der Waals surface area contributed by atoms with E-state index in [0.29, 0.717) is 28.7 Å². The van der Waals surface area contributed by atoms with Crippen molar-refractivity contribution in [3.8, 4) is 0 Å². The predicted octanol–water partition coefficient (Wildman–Crippen LogP) is 2.74. The molecule has 3 heterocycles. The van der Waals surface area contributed by atoms with Crippen LogP contribution < -0.4 is 21.3 Å². The second kappa shape index (κ2) is 12.0. The number of carboxylic acid groups (broad SMARTS) is 1. The summed E-state index contributed by atoms with van der Waals surface area (Å²) in [4.78, 5) is 23.7. The molecule has 1 saturated heterocycles. The maximum absolute atomic E-state index is 12.6. The van der Waals surface area contributed by atoms with Crippen molar-refractivity contribution in [2.24, 2.45) is 17.4 Å². The molecule has 1 aromatic carbocycles. The minimum atomic E-state index is -5.08. The Hall–Kier alpha value is -2.32. The molecule has 2 aliphatic heterocycles. The van der Waals surface area contributed by atoms with Crippen LogP contribution in [0.15, 0.2) is 29.2 Å². The van der Waals surface area contributed by atoms with Gasteiger partial charge in [-0.2, -0.15) is 13.2 Å². The van der Waals surface area contributed by atoms with Crippen LogP contribution in [0.5, 0.6) is 0 Å². The van der Waals surface area contributed by atoms with Crippen LogP contribution >= 0.6 is 11.6 Å². The van der Waals surface area contributed by atoms with E-state index in [9.17, 15) is 17.7 Å². The van der Waals surface area contributed by atoms with Gasteiger partial charge in [0.25, 0.3) is 0 Å². The number of alkyl halides is 3. The van der Waals surface area contributed by atoms with Gasteiger partial charge in [0.2, 0.25) is 5.95 Å². The number of piperazine rings is 1. The highest BCUT2D eigenvalue weighted by atomic mass is 35.5. The number of halogens is 4. The molecular weight excluding hydrogens is 533 g/mol. The topological polar surface area (TPSA) is 145 Å². The molecule has 0 amide bonds. The fourth-order valence-corrected chi connectivity index (χ4v) is 5.53. The molecule has 3 atom stereocenters. The number of carboxylic acids is 1. The van der Waals surface area contributed by atoms with Gasteiger partial charge in [-0.1, -0.05) is 25.4 Å². The summed E-state index contributed by atoms with van der Waals surface area (Å²) >= 11 is 4.90. The molecule has 0 aliphatic carbocycles. The molecule has 14 heteroatoms. The summed E-state index contributed by atoms with van der Waals surface area (Å²) in [5, 5.41) is 7.87. The molecule has 3 unspecified atom stereocenters. The second-order valence-electron chi connectivity index (χ2n) is 9.08. The summed E-state index contributed by atoms with van der Waals surface area (Å²) in [6.45, 7) is 7.41. The Morgan fingerprint density at radius 3 is 2.16 bits per heavy atom. The lowest BCUT2D eigenvalue weighted by Gasteiger charge is -2.36. The quantitative estimate of drug-likeness (QED) is 0.468. The van der Waals surface area contributed by atoms with Gasteiger partial charge in [-0.15, -0.1) is 0 Å². The van der Waals surface area contributed by atoms with Crippen molar-refractivity contribution in [3.63, 3.8) is 0 Å². The van der Waals surface area contributed by atoms with E-state index in [1.807, 2.05) is 38.1 Å². The monoisotopic (exact) mass is 562 g/mol. The first-order valence-corrected chi connectivity index (χ1v) is 13.3. The van der Waals surface area contributed by atoms with Crippen LogP contribution in [0.4, 0.5) is 24.8 Å². The summed E-state index contributed by atoms with van der Waals surface area (Å²) in [5.41, 5.74) is 15.5. The Labute approximate surface area is 221 Å². The molecule has 0 spiro atoms. The Morgan fingerprint density at radius 2 is 1.65 bits per heavy atom. The third-order valence-corrected chi connectivity index (χ3v) is 7.93. The Bertz CT molecular complexity index is 1080. The van der Waals surface area contributed by atoms with E-state index >= 15 is 0 Å². The zero-order valence-electron chi connectivity index (χ0n) is 20.4. The summed E-state index contributed by atoms with van der Waals surface area (Å²) < 4.78 is 44.3. The number of anilines is 2. The van der Waals surface area contributed by atoms with Crippen molar-refractivity contribution in [2.45, 2.75) is 43.4 Å². The minimum Gasteiger partial charge on any atom is -0.611 e. The van der Waals surface area contributed by atoms with Crippen molar-refractivity contribution in [1.82, 2.24) is 9.97 Å². The van der Waals surface area contributed by atoms with E-state index < -0.39 is 29.4 Å². The highest BCUT2D eigenvalue weighted by molar-refractivity contribution is 7.91. The fraction of sp³-hybridized carbons (Fsp3) is 0.522. The van der Waals surface area contributed by atoms with E-state index in [0.717, 1.165) is 42.6 Å². The first kappa shape index (κ1) is 29.2. The number of fused-ring (bicyclic) bond motifs is 1. The molecule has 0 bridgehead atoms. The van der Waals surface area contributed by atoms with E-state index in [-0.39, 0.29) is 12.0 Å². The molecular formula is C23H30ClF3N6O3S. The lowest BCUT2D eigenvalue weighted by molar-refractivity contribution is -0.192. The number of nitrogens with zero attached hydrogens (tertiary/aromatic N) is 4. The van der Waals surface area contributed by atoms with Gasteiger partial charge in [-0.25, -0.2) is 14.8 Å². The van der Waals surface area contributed by atoms with E-state index in [1.54, 1.807) is 0 Å². The summed E-state index contributed by atoms with van der Waals surface area (Å²) in [6, 6.07) is 7.21. The predicted molar refractivity (Wildman–Crippen MR) is 136 cm³/mol. The lowest BCUT2D eigenvalue weighted by atomic mass is 9.95. The van der Waals surface area contributed by atoms with E-state index in [2.05, 4.69) is 9.80 Å². The Kier molecular flexibility index (Phi) is 9.51. The fourth-order valence-electron chi connectivity index (χ4n) is 3.99. The van der Waals surface area contributed by atoms with Crippen molar-refractivity contribution in [3.05, 3.63) is 40.7 Å². The van der Waals surface area contributed by atoms with Gasteiger partial charge in [-0.05, 0) is 41.4 Å². The van der Waals surface area contributed by atoms with E-state index in [1.165, 1.54) is 0 Å². The van der Waals surface area contributed by atoms with Crippen molar-refractivity contribution in [1.29, 1.82) is 0 Å². The van der Waals surface area contributed by atoms with Crippen molar-refractivity contribution >= 4 is 40.4 Å². The zero-order chi connectivity index (χ0) is 27.5. The number of benzene rings is 1. The van der Waals surface area contributed by atoms with Crippen LogP contribution in [0.2, 0.25) is 5.02 Å². The average Bonchev–Trinajstić information content (AvgIpc) is 3.23. The zero-order valence-corrected chi connectivity index (χ0v) is 22.0. The van der Waals surface area contributed by atoms with Gasteiger partial charge in [0, 0.05) is 49.4 Å². The lowest BCUT2D eigenvalue weighted by Crippen LogP contribution is -2.47. The van der Waals surface area contributed by atoms with E-state index in [4.69, 9.17) is 42.9 Å². The molecule has 0 saturated carbocycles.